The van der Waals surface area contributed by atoms with Crippen molar-refractivity contribution in [2.75, 3.05) is 0 Å². The molecule has 11 heavy (non-hydrogen) atoms. The van der Waals surface area contributed by atoms with Crippen molar-refractivity contribution >= 4 is 5.97 Å². The summed E-state index contributed by atoms with van der Waals surface area (Å²) in [7, 11) is 0. The number of hydrogen-bond acceptors (Lipinski definition) is 2. The molecule has 0 radical (unpaired) electrons. The molecular formula is C8H13NO2. The Bertz CT molecular complexity index is 196. The Morgan fingerprint density at radius 3 is 2.45 bits per heavy atom. The number of carboxylic acid groups (broad SMARTS) is 1. The summed E-state index contributed by atoms with van der Waals surface area (Å²) in [5.74, 6) is 0.246. The van der Waals surface area contributed by atoms with E-state index in [2.05, 4.69) is 0 Å². The third-order valence-electron chi connectivity index (χ3n) is 3.33. The van der Waals surface area contributed by atoms with E-state index in [0.717, 1.165) is 25.2 Å². The van der Waals surface area contributed by atoms with E-state index in [9.17, 15) is 4.79 Å². The van der Waals surface area contributed by atoms with Crippen molar-refractivity contribution in [3.05, 3.63) is 0 Å². The Labute approximate surface area is 65.6 Å². The normalized spacial score (nSPS) is 48.1. The number of fused-ring (bicyclic) bond motifs is 2. The van der Waals surface area contributed by atoms with Gasteiger partial charge in [-0.1, -0.05) is 0 Å². The van der Waals surface area contributed by atoms with Gasteiger partial charge in [0.2, 0.25) is 0 Å². The molecule has 3 aliphatic carbocycles. The van der Waals surface area contributed by atoms with Crippen molar-refractivity contribution in [3.63, 3.8) is 0 Å². The molecule has 3 N–H and O–H groups in total. The number of nitrogens with two attached hydrogens (primary N) is 1. The van der Waals surface area contributed by atoms with Crippen LogP contribution in [0.1, 0.15) is 25.7 Å². The Balaban J connectivity index is 2.17. The lowest BCUT2D eigenvalue weighted by Crippen LogP contribution is -2.61. The van der Waals surface area contributed by atoms with Crippen LogP contribution in [0.3, 0.4) is 0 Å². The lowest BCUT2D eigenvalue weighted by molar-refractivity contribution is -0.152. The van der Waals surface area contributed by atoms with Gasteiger partial charge in [0.15, 0.2) is 0 Å². The van der Waals surface area contributed by atoms with E-state index < -0.39 is 11.5 Å². The molecule has 0 amide bonds. The summed E-state index contributed by atoms with van der Waals surface area (Å²) in [5.41, 5.74) is 4.90. The van der Waals surface area contributed by atoms with E-state index in [1.807, 2.05) is 0 Å². The molecule has 0 heterocycles. The van der Waals surface area contributed by atoms with Crippen LogP contribution in [-0.2, 0) is 4.79 Å². The molecule has 3 saturated carbocycles. The van der Waals surface area contributed by atoms with Crippen LogP contribution in [-0.4, -0.2) is 16.6 Å². The number of aliphatic carboxylic acids is 1. The fraction of sp³-hybridized carbons (Fsp3) is 0.875. The predicted octanol–water partition coefficient (Wildman–Crippen LogP) is 0.588. The first-order valence-electron chi connectivity index (χ1n) is 4.15. The Kier molecular flexibility index (Phi) is 1.27. The van der Waals surface area contributed by atoms with E-state index in [0.29, 0.717) is 6.42 Å². The van der Waals surface area contributed by atoms with Crippen molar-refractivity contribution in [1.82, 2.24) is 0 Å². The van der Waals surface area contributed by atoms with Gasteiger partial charge in [0.1, 0.15) is 5.54 Å². The summed E-state index contributed by atoms with van der Waals surface area (Å²) >= 11 is 0. The minimum atomic E-state index is -0.880. The number of hydrogen-bond donors (Lipinski definition) is 2. The second kappa shape index (κ2) is 1.97. The maximum Gasteiger partial charge on any atom is 0.323 e. The average Bonchev–Trinajstić information content (AvgIpc) is 1.85. The summed E-state index contributed by atoms with van der Waals surface area (Å²) in [4.78, 5) is 10.8. The highest BCUT2D eigenvalue weighted by molar-refractivity contribution is 5.79. The number of carbonyl (C=O) groups is 1. The van der Waals surface area contributed by atoms with Crippen molar-refractivity contribution in [3.8, 4) is 0 Å². The summed E-state index contributed by atoms with van der Waals surface area (Å²) in [6.45, 7) is 0. The minimum absolute atomic E-state index is 0.263. The van der Waals surface area contributed by atoms with Crippen LogP contribution >= 0.6 is 0 Å². The third-order valence-corrected chi connectivity index (χ3v) is 3.33. The molecule has 0 spiro atoms. The molecule has 1 unspecified atom stereocenters. The smallest absolute Gasteiger partial charge is 0.323 e. The van der Waals surface area contributed by atoms with E-state index in [-0.39, 0.29) is 5.92 Å². The van der Waals surface area contributed by atoms with Crippen LogP contribution in [0.2, 0.25) is 0 Å². The highest BCUT2D eigenvalue weighted by atomic mass is 16.4. The fourth-order valence-electron chi connectivity index (χ4n) is 2.32. The van der Waals surface area contributed by atoms with Crippen LogP contribution in [0, 0.1) is 11.8 Å². The largest absolute Gasteiger partial charge is 0.480 e. The molecular weight excluding hydrogens is 142 g/mol. The molecule has 1 atom stereocenters. The lowest BCUT2D eigenvalue weighted by atomic mass is 9.56. The highest BCUT2D eigenvalue weighted by Gasteiger charge is 2.52. The van der Waals surface area contributed by atoms with Crippen molar-refractivity contribution < 1.29 is 9.90 Å². The van der Waals surface area contributed by atoms with Crippen molar-refractivity contribution in [2.45, 2.75) is 31.2 Å². The lowest BCUT2D eigenvalue weighted by Gasteiger charge is -2.50. The predicted molar refractivity (Wildman–Crippen MR) is 40.0 cm³/mol. The summed E-state index contributed by atoms with van der Waals surface area (Å²) in [6.07, 6.45) is 3.78. The van der Waals surface area contributed by atoms with Gasteiger partial charge in [0.25, 0.3) is 0 Å². The van der Waals surface area contributed by atoms with E-state index in [4.69, 9.17) is 10.8 Å². The molecule has 3 nitrogen and oxygen atoms in total. The van der Waals surface area contributed by atoms with Gasteiger partial charge in [0, 0.05) is 0 Å². The first kappa shape index (κ1) is 7.10. The topological polar surface area (TPSA) is 63.3 Å². The Morgan fingerprint density at radius 2 is 2.18 bits per heavy atom. The van der Waals surface area contributed by atoms with Gasteiger partial charge in [-0.3, -0.25) is 4.79 Å². The number of rotatable bonds is 1. The molecule has 3 fully saturated rings. The monoisotopic (exact) mass is 155 g/mol. The molecule has 2 bridgehead atoms. The molecule has 0 aromatic rings. The van der Waals surface area contributed by atoms with Gasteiger partial charge in [-0.2, -0.15) is 0 Å². The molecule has 62 valence electrons. The highest BCUT2D eigenvalue weighted by Crippen LogP contribution is 2.49. The number of carboxylic acids is 1. The zero-order valence-electron chi connectivity index (χ0n) is 6.42. The van der Waals surface area contributed by atoms with Gasteiger partial charge >= 0.3 is 5.97 Å². The summed E-state index contributed by atoms with van der Waals surface area (Å²) in [6, 6.07) is 0. The maximum atomic E-state index is 10.8. The third kappa shape index (κ3) is 0.805. The van der Waals surface area contributed by atoms with E-state index >= 15 is 0 Å². The van der Waals surface area contributed by atoms with Crippen molar-refractivity contribution in [1.29, 1.82) is 0 Å². The summed E-state index contributed by atoms with van der Waals surface area (Å²) < 4.78 is 0. The zero-order valence-corrected chi connectivity index (χ0v) is 6.42. The van der Waals surface area contributed by atoms with E-state index in [1.165, 1.54) is 0 Å². The second-order valence-electron chi connectivity index (χ2n) is 3.92. The summed E-state index contributed by atoms with van der Waals surface area (Å²) in [5, 5.41) is 8.87. The van der Waals surface area contributed by atoms with Gasteiger partial charge < -0.3 is 10.8 Å². The van der Waals surface area contributed by atoms with Crippen LogP contribution in [0.5, 0.6) is 0 Å². The fourth-order valence-corrected chi connectivity index (χ4v) is 2.32. The van der Waals surface area contributed by atoms with E-state index in [1.54, 1.807) is 0 Å². The van der Waals surface area contributed by atoms with Gasteiger partial charge in [-0.05, 0) is 37.5 Å². The first-order valence-corrected chi connectivity index (χ1v) is 4.15. The Hall–Kier alpha value is -0.570. The van der Waals surface area contributed by atoms with Gasteiger partial charge in [-0.25, -0.2) is 0 Å². The van der Waals surface area contributed by atoms with Crippen molar-refractivity contribution in [2.24, 2.45) is 17.6 Å². The van der Waals surface area contributed by atoms with Crippen LogP contribution < -0.4 is 5.73 Å². The molecule has 3 heteroatoms. The molecule has 0 aromatic carbocycles. The van der Waals surface area contributed by atoms with Gasteiger partial charge in [-0.15, -0.1) is 0 Å². The van der Waals surface area contributed by atoms with Crippen LogP contribution in [0.4, 0.5) is 0 Å². The standard InChI is InChI=1S/C8H13NO2/c9-8(7(10)11)2-1-5-3-6(8)4-5/h5-6H,1-4,9H2,(H,10,11). The molecule has 0 aliphatic heterocycles. The Morgan fingerprint density at radius 1 is 1.55 bits per heavy atom. The quantitative estimate of drug-likeness (QED) is 0.582. The molecule has 3 rings (SSSR count). The average molecular weight is 155 g/mol. The minimum Gasteiger partial charge on any atom is -0.480 e. The second-order valence-corrected chi connectivity index (χ2v) is 3.92. The van der Waals surface area contributed by atoms with Crippen LogP contribution in [0.25, 0.3) is 0 Å². The zero-order chi connectivity index (χ0) is 8.06. The van der Waals surface area contributed by atoms with Gasteiger partial charge in [0.05, 0.1) is 0 Å². The van der Waals surface area contributed by atoms with Crippen LogP contribution in [0.15, 0.2) is 0 Å². The molecule has 0 saturated heterocycles. The maximum absolute atomic E-state index is 10.8. The molecule has 0 aromatic heterocycles. The first-order chi connectivity index (χ1) is 5.13. The SMILES string of the molecule is NC1(C(=O)O)CCC2CC1C2. The molecule has 3 aliphatic rings.